The second-order valence-electron chi connectivity index (χ2n) is 5.02. The lowest BCUT2D eigenvalue weighted by atomic mass is 10.0. The van der Waals surface area contributed by atoms with Crippen LogP contribution in [0.5, 0.6) is 0 Å². The molecule has 1 amide bonds. The van der Waals surface area contributed by atoms with Crippen LogP contribution in [0.4, 0.5) is 0 Å². The topological polar surface area (TPSA) is 42.2 Å². The highest BCUT2D eigenvalue weighted by Gasteiger charge is 2.19. The van der Waals surface area contributed by atoms with E-state index in [0.717, 1.165) is 11.3 Å². The first kappa shape index (κ1) is 13.4. The van der Waals surface area contributed by atoms with Gasteiger partial charge in [0.25, 0.3) is 0 Å². The van der Waals surface area contributed by atoms with Crippen molar-refractivity contribution >= 4 is 5.91 Å². The molecule has 1 atom stereocenters. The maximum Gasteiger partial charge on any atom is 0.221 e. The highest BCUT2D eigenvalue weighted by molar-refractivity contribution is 5.77. The van der Waals surface area contributed by atoms with Gasteiger partial charge in [-0.15, -0.1) is 0 Å². The molecule has 1 heterocycles. The fourth-order valence-electron chi connectivity index (χ4n) is 2.01. The van der Waals surface area contributed by atoms with Crippen LogP contribution in [0, 0.1) is 5.92 Å². The van der Waals surface area contributed by atoms with E-state index in [1.165, 1.54) is 0 Å². The Labute approximate surface area is 113 Å². The van der Waals surface area contributed by atoms with Gasteiger partial charge in [-0.25, -0.2) is 0 Å². The number of amides is 1. The molecule has 3 heteroatoms. The van der Waals surface area contributed by atoms with Crippen molar-refractivity contribution in [3.05, 3.63) is 60.1 Å². The largest absolute Gasteiger partial charge is 0.467 e. The van der Waals surface area contributed by atoms with E-state index in [2.05, 4.69) is 5.32 Å². The molecule has 0 aliphatic heterocycles. The molecule has 0 aliphatic carbocycles. The molecule has 0 radical (unpaired) electrons. The molecular formula is C16H19NO2. The molecule has 2 aromatic rings. The van der Waals surface area contributed by atoms with Crippen molar-refractivity contribution in [1.29, 1.82) is 0 Å². The fourth-order valence-corrected chi connectivity index (χ4v) is 2.01. The predicted molar refractivity (Wildman–Crippen MR) is 74.6 cm³/mol. The van der Waals surface area contributed by atoms with Crippen molar-refractivity contribution in [2.45, 2.75) is 26.3 Å². The highest BCUT2D eigenvalue weighted by Crippen LogP contribution is 2.22. The Morgan fingerprint density at radius 1 is 1.16 bits per heavy atom. The SMILES string of the molecule is CC(C)CC(=O)NC(c1ccccc1)c1ccco1. The summed E-state index contributed by atoms with van der Waals surface area (Å²) in [6, 6.07) is 13.3. The maximum absolute atomic E-state index is 12.0. The Bertz CT molecular complexity index is 503. The zero-order chi connectivity index (χ0) is 13.7. The van der Waals surface area contributed by atoms with Crippen molar-refractivity contribution in [1.82, 2.24) is 5.32 Å². The summed E-state index contributed by atoms with van der Waals surface area (Å²) in [5.41, 5.74) is 1.02. The zero-order valence-corrected chi connectivity index (χ0v) is 11.3. The van der Waals surface area contributed by atoms with Crippen molar-refractivity contribution in [2.75, 3.05) is 0 Å². The van der Waals surface area contributed by atoms with E-state index in [-0.39, 0.29) is 11.9 Å². The van der Waals surface area contributed by atoms with Gasteiger partial charge in [-0.1, -0.05) is 44.2 Å². The van der Waals surface area contributed by atoms with Crippen LogP contribution in [0.3, 0.4) is 0 Å². The standard InChI is InChI=1S/C16H19NO2/c1-12(2)11-15(18)17-16(14-9-6-10-19-14)13-7-4-3-5-8-13/h3-10,12,16H,11H2,1-2H3,(H,17,18). The molecule has 1 unspecified atom stereocenters. The minimum absolute atomic E-state index is 0.0419. The number of benzene rings is 1. The van der Waals surface area contributed by atoms with Crippen molar-refractivity contribution in [2.24, 2.45) is 5.92 Å². The Morgan fingerprint density at radius 2 is 1.89 bits per heavy atom. The Kier molecular flexibility index (Phi) is 4.39. The van der Waals surface area contributed by atoms with Gasteiger partial charge in [0.15, 0.2) is 0 Å². The lowest BCUT2D eigenvalue weighted by Gasteiger charge is -2.17. The quantitative estimate of drug-likeness (QED) is 0.890. The number of carbonyl (C=O) groups excluding carboxylic acids is 1. The van der Waals surface area contributed by atoms with Gasteiger partial charge in [0.05, 0.1) is 6.26 Å². The molecule has 0 spiro atoms. The number of hydrogen-bond acceptors (Lipinski definition) is 2. The Hall–Kier alpha value is -2.03. The van der Waals surface area contributed by atoms with Gasteiger partial charge in [-0.2, -0.15) is 0 Å². The Balaban J connectivity index is 2.19. The third-order valence-corrected chi connectivity index (χ3v) is 2.86. The van der Waals surface area contributed by atoms with E-state index in [1.54, 1.807) is 6.26 Å². The summed E-state index contributed by atoms with van der Waals surface area (Å²) >= 11 is 0. The van der Waals surface area contributed by atoms with Crippen molar-refractivity contribution in [3.63, 3.8) is 0 Å². The number of nitrogens with one attached hydrogen (secondary N) is 1. The van der Waals surface area contributed by atoms with E-state index in [9.17, 15) is 4.79 Å². The number of hydrogen-bond donors (Lipinski definition) is 1. The number of carbonyl (C=O) groups is 1. The molecule has 1 N–H and O–H groups in total. The summed E-state index contributed by atoms with van der Waals surface area (Å²) < 4.78 is 5.44. The van der Waals surface area contributed by atoms with Gasteiger partial charge < -0.3 is 9.73 Å². The second kappa shape index (κ2) is 6.23. The second-order valence-corrected chi connectivity index (χ2v) is 5.02. The molecular weight excluding hydrogens is 238 g/mol. The number of furan rings is 1. The van der Waals surface area contributed by atoms with Gasteiger partial charge in [0.2, 0.25) is 5.91 Å². The smallest absolute Gasteiger partial charge is 0.221 e. The predicted octanol–water partition coefficient (Wildman–Crippen LogP) is 3.53. The highest BCUT2D eigenvalue weighted by atomic mass is 16.3. The summed E-state index contributed by atoms with van der Waals surface area (Å²) in [6.07, 6.45) is 2.14. The summed E-state index contributed by atoms with van der Waals surface area (Å²) in [5, 5.41) is 3.03. The monoisotopic (exact) mass is 257 g/mol. The van der Waals surface area contributed by atoms with E-state index >= 15 is 0 Å². The van der Waals surface area contributed by atoms with Crippen LogP contribution in [-0.4, -0.2) is 5.91 Å². The van der Waals surface area contributed by atoms with E-state index in [4.69, 9.17) is 4.42 Å². The van der Waals surface area contributed by atoms with Crippen LogP contribution in [0.15, 0.2) is 53.1 Å². The van der Waals surface area contributed by atoms with Gasteiger partial charge in [-0.05, 0) is 23.6 Å². The van der Waals surface area contributed by atoms with Crippen molar-refractivity contribution < 1.29 is 9.21 Å². The average molecular weight is 257 g/mol. The van der Waals surface area contributed by atoms with Crippen LogP contribution in [0.2, 0.25) is 0 Å². The molecule has 0 fully saturated rings. The summed E-state index contributed by atoms with van der Waals surface area (Å²) in [4.78, 5) is 12.0. The molecule has 0 saturated heterocycles. The molecule has 3 nitrogen and oxygen atoms in total. The van der Waals surface area contributed by atoms with Crippen LogP contribution < -0.4 is 5.32 Å². The van der Waals surface area contributed by atoms with Crippen molar-refractivity contribution in [3.8, 4) is 0 Å². The first-order chi connectivity index (χ1) is 9.16. The molecule has 0 saturated carbocycles. The minimum atomic E-state index is -0.220. The van der Waals surface area contributed by atoms with E-state index in [0.29, 0.717) is 12.3 Å². The zero-order valence-electron chi connectivity index (χ0n) is 11.3. The summed E-state index contributed by atoms with van der Waals surface area (Å²) in [7, 11) is 0. The third kappa shape index (κ3) is 3.71. The molecule has 100 valence electrons. The first-order valence-electron chi connectivity index (χ1n) is 6.54. The van der Waals surface area contributed by atoms with Gasteiger partial charge in [0.1, 0.15) is 11.8 Å². The van der Waals surface area contributed by atoms with Gasteiger partial charge >= 0.3 is 0 Å². The van der Waals surface area contributed by atoms with Gasteiger partial charge in [0, 0.05) is 6.42 Å². The Morgan fingerprint density at radius 3 is 2.47 bits per heavy atom. The maximum atomic E-state index is 12.0. The van der Waals surface area contributed by atoms with Crippen LogP contribution in [0.1, 0.15) is 37.6 Å². The molecule has 2 rings (SSSR count). The van der Waals surface area contributed by atoms with Crippen LogP contribution >= 0.6 is 0 Å². The molecule has 1 aromatic carbocycles. The first-order valence-corrected chi connectivity index (χ1v) is 6.54. The van der Waals surface area contributed by atoms with Gasteiger partial charge in [-0.3, -0.25) is 4.79 Å². The van der Waals surface area contributed by atoms with Crippen LogP contribution in [-0.2, 0) is 4.79 Å². The normalized spacial score (nSPS) is 12.4. The van der Waals surface area contributed by atoms with E-state index in [1.807, 2.05) is 56.3 Å². The van der Waals surface area contributed by atoms with E-state index < -0.39 is 0 Å². The number of rotatable bonds is 5. The molecule has 0 aliphatic rings. The fraction of sp³-hybridized carbons (Fsp3) is 0.312. The summed E-state index contributed by atoms with van der Waals surface area (Å²) in [6.45, 7) is 4.06. The molecule has 1 aromatic heterocycles. The average Bonchev–Trinajstić information content (AvgIpc) is 2.90. The molecule has 19 heavy (non-hydrogen) atoms. The lowest BCUT2D eigenvalue weighted by Crippen LogP contribution is -2.29. The third-order valence-electron chi connectivity index (χ3n) is 2.86. The van der Waals surface area contributed by atoms with Crippen LogP contribution in [0.25, 0.3) is 0 Å². The summed E-state index contributed by atoms with van der Waals surface area (Å²) in [5.74, 6) is 1.14. The lowest BCUT2D eigenvalue weighted by molar-refractivity contribution is -0.122. The minimum Gasteiger partial charge on any atom is -0.467 e. The molecule has 0 bridgehead atoms.